The van der Waals surface area contributed by atoms with Crippen LogP contribution in [0.1, 0.15) is 22.0 Å². The monoisotopic (exact) mass is 472 g/mol. The van der Waals surface area contributed by atoms with Crippen molar-refractivity contribution in [2.24, 2.45) is 4.99 Å². The summed E-state index contributed by atoms with van der Waals surface area (Å²) in [4.78, 5) is 10.2. The fourth-order valence-electron chi connectivity index (χ4n) is 2.71. The highest BCUT2D eigenvalue weighted by molar-refractivity contribution is 14.0. The normalized spacial score (nSPS) is 12.6. The number of aryl methyl sites for hydroxylation is 1. The van der Waals surface area contributed by atoms with Crippen LogP contribution in [-0.2, 0) is 6.54 Å². The van der Waals surface area contributed by atoms with E-state index in [9.17, 15) is 0 Å². The minimum Gasteiger partial charge on any atom is -0.354 e. The van der Waals surface area contributed by atoms with Crippen LogP contribution in [0.2, 0.25) is 0 Å². The van der Waals surface area contributed by atoms with E-state index < -0.39 is 0 Å². The fraction of sp³-hybridized carbons (Fsp3) is 0.421. The third-order valence-electron chi connectivity index (χ3n) is 4.19. The molecule has 6 heteroatoms. The van der Waals surface area contributed by atoms with Crippen molar-refractivity contribution in [2.45, 2.75) is 19.5 Å². The molecule has 1 atom stereocenters. The lowest BCUT2D eigenvalue weighted by Crippen LogP contribution is -2.42. The van der Waals surface area contributed by atoms with Crippen molar-refractivity contribution in [1.82, 2.24) is 15.1 Å². The van der Waals surface area contributed by atoms with E-state index in [0.29, 0.717) is 6.04 Å². The van der Waals surface area contributed by atoms with Gasteiger partial charge in [-0.15, -0.1) is 35.3 Å². The van der Waals surface area contributed by atoms with E-state index in [4.69, 9.17) is 0 Å². The third-order valence-corrected chi connectivity index (χ3v) is 5.16. The molecule has 1 aromatic carbocycles. The van der Waals surface area contributed by atoms with Crippen molar-refractivity contribution < 1.29 is 0 Å². The molecule has 0 aliphatic carbocycles. The lowest BCUT2D eigenvalue weighted by Gasteiger charge is -2.28. The molecule has 2 rings (SSSR count). The molecule has 0 fully saturated rings. The summed E-state index contributed by atoms with van der Waals surface area (Å²) in [5.74, 6) is 0.918. The molecule has 0 spiro atoms. The Balaban J connectivity index is 0.00000312. The van der Waals surface area contributed by atoms with Crippen LogP contribution in [0.15, 0.2) is 46.8 Å². The molecular weight excluding hydrogens is 443 g/mol. The molecule has 0 saturated heterocycles. The molecule has 0 radical (unpaired) electrons. The second-order valence-electron chi connectivity index (χ2n) is 6.21. The Kier molecular flexibility index (Phi) is 9.45. The summed E-state index contributed by atoms with van der Waals surface area (Å²) < 4.78 is 0. The van der Waals surface area contributed by atoms with Crippen molar-refractivity contribution in [1.29, 1.82) is 0 Å². The quantitative estimate of drug-likeness (QED) is 0.392. The minimum atomic E-state index is 0. The van der Waals surface area contributed by atoms with Gasteiger partial charge in [0.05, 0.1) is 6.04 Å². The van der Waals surface area contributed by atoms with E-state index in [1.54, 1.807) is 11.3 Å². The second kappa shape index (κ2) is 10.8. The predicted molar refractivity (Wildman–Crippen MR) is 120 cm³/mol. The van der Waals surface area contributed by atoms with Gasteiger partial charge in [0.2, 0.25) is 0 Å². The van der Waals surface area contributed by atoms with Gasteiger partial charge in [-0.2, -0.15) is 0 Å². The van der Waals surface area contributed by atoms with Gasteiger partial charge in [-0.1, -0.05) is 30.3 Å². The second-order valence-corrected chi connectivity index (χ2v) is 7.18. The first-order valence-electron chi connectivity index (χ1n) is 8.19. The zero-order valence-corrected chi connectivity index (χ0v) is 18.8. The highest BCUT2D eigenvalue weighted by Gasteiger charge is 2.17. The Hall–Kier alpha value is -1.12. The lowest BCUT2D eigenvalue weighted by molar-refractivity contribution is 0.299. The number of rotatable bonds is 6. The number of nitrogens with zero attached hydrogens (tertiary/aromatic N) is 3. The molecule has 0 aliphatic heterocycles. The number of thiophene rings is 1. The minimum absolute atomic E-state index is 0. The Labute approximate surface area is 173 Å². The van der Waals surface area contributed by atoms with Crippen LogP contribution >= 0.6 is 35.3 Å². The number of hydrogen-bond donors (Lipinski definition) is 1. The molecule has 0 amide bonds. The topological polar surface area (TPSA) is 30.9 Å². The maximum absolute atomic E-state index is 4.44. The Morgan fingerprint density at radius 1 is 1.16 bits per heavy atom. The summed E-state index contributed by atoms with van der Waals surface area (Å²) in [6.45, 7) is 3.83. The van der Waals surface area contributed by atoms with Crippen molar-refractivity contribution >= 4 is 41.3 Å². The van der Waals surface area contributed by atoms with E-state index in [2.05, 4.69) is 90.0 Å². The number of aliphatic imine (C=N–C) groups is 1. The molecule has 0 saturated carbocycles. The maximum Gasteiger partial charge on any atom is 0.193 e. The van der Waals surface area contributed by atoms with E-state index in [-0.39, 0.29) is 24.0 Å². The predicted octanol–water partition coefficient (Wildman–Crippen LogP) is 3.98. The van der Waals surface area contributed by atoms with Crippen molar-refractivity contribution in [3.63, 3.8) is 0 Å². The number of hydrogen-bond acceptors (Lipinski definition) is 3. The maximum atomic E-state index is 4.44. The van der Waals surface area contributed by atoms with Crippen LogP contribution in [0.3, 0.4) is 0 Å². The molecule has 1 aromatic heterocycles. The van der Waals surface area contributed by atoms with Crippen LogP contribution in [0.25, 0.3) is 0 Å². The van der Waals surface area contributed by atoms with E-state index >= 15 is 0 Å². The molecule has 25 heavy (non-hydrogen) atoms. The van der Waals surface area contributed by atoms with Crippen LogP contribution in [0, 0.1) is 6.92 Å². The third kappa shape index (κ3) is 6.27. The number of halogens is 1. The zero-order valence-electron chi connectivity index (χ0n) is 15.7. The average molecular weight is 472 g/mol. The average Bonchev–Trinajstić information content (AvgIpc) is 3.07. The van der Waals surface area contributed by atoms with E-state index in [0.717, 1.165) is 19.0 Å². The van der Waals surface area contributed by atoms with Crippen molar-refractivity contribution in [3.05, 3.63) is 57.8 Å². The summed E-state index contributed by atoms with van der Waals surface area (Å²) in [7, 11) is 8.15. The van der Waals surface area contributed by atoms with Gasteiger partial charge in [-0.05, 0) is 43.6 Å². The highest BCUT2D eigenvalue weighted by atomic mass is 127. The first kappa shape index (κ1) is 21.9. The largest absolute Gasteiger partial charge is 0.354 e. The first-order valence-corrected chi connectivity index (χ1v) is 9.07. The summed E-state index contributed by atoms with van der Waals surface area (Å²) in [6.07, 6.45) is 0. The Morgan fingerprint density at radius 3 is 2.44 bits per heavy atom. The van der Waals surface area contributed by atoms with Gasteiger partial charge < -0.3 is 15.1 Å². The van der Waals surface area contributed by atoms with E-state index in [1.165, 1.54) is 16.0 Å². The standard InChI is InChI=1S/C19H28N4S.HI/c1-15-9-6-7-10-16(15)14-23(5)19(20-2)21-13-17(22(3)4)18-11-8-12-24-18;/h6-12,17H,13-14H2,1-5H3,(H,20,21);1H. The van der Waals surface area contributed by atoms with Gasteiger partial charge >= 0.3 is 0 Å². The van der Waals surface area contributed by atoms with E-state index in [1.807, 2.05) is 7.05 Å². The SMILES string of the molecule is CN=C(NCC(c1cccs1)N(C)C)N(C)Cc1ccccc1C.I. The molecule has 2 aromatic rings. The smallest absolute Gasteiger partial charge is 0.193 e. The van der Waals surface area contributed by atoms with Crippen molar-refractivity contribution in [2.75, 3.05) is 34.7 Å². The van der Waals surface area contributed by atoms with Crippen LogP contribution in [0.4, 0.5) is 0 Å². The van der Waals surface area contributed by atoms with Gasteiger partial charge in [0, 0.05) is 32.1 Å². The van der Waals surface area contributed by atoms with Gasteiger partial charge in [0.1, 0.15) is 0 Å². The zero-order chi connectivity index (χ0) is 17.5. The molecule has 0 bridgehead atoms. The fourth-order valence-corrected chi connectivity index (χ4v) is 3.63. The highest BCUT2D eigenvalue weighted by Crippen LogP contribution is 2.22. The summed E-state index contributed by atoms with van der Waals surface area (Å²) in [5, 5.41) is 5.65. The first-order chi connectivity index (χ1) is 11.5. The van der Waals surface area contributed by atoms with Crippen LogP contribution < -0.4 is 5.32 Å². The number of likely N-dealkylation sites (N-methyl/N-ethyl adjacent to an activating group) is 1. The Morgan fingerprint density at radius 2 is 1.88 bits per heavy atom. The molecule has 0 aliphatic rings. The van der Waals surface area contributed by atoms with Crippen LogP contribution in [-0.4, -0.2) is 50.5 Å². The molecule has 138 valence electrons. The summed E-state index contributed by atoms with van der Waals surface area (Å²) in [5.41, 5.74) is 2.63. The van der Waals surface area contributed by atoms with Gasteiger partial charge in [0.25, 0.3) is 0 Å². The van der Waals surface area contributed by atoms with Gasteiger partial charge in [-0.25, -0.2) is 0 Å². The van der Waals surface area contributed by atoms with Crippen LogP contribution in [0.5, 0.6) is 0 Å². The number of benzene rings is 1. The molecular formula is C19H29IN4S. The molecule has 1 heterocycles. The summed E-state index contributed by atoms with van der Waals surface area (Å²) >= 11 is 1.80. The van der Waals surface area contributed by atoms with Gasteiger partial charge in [-0.3, -0.25) is 4.99 Å². The van der Waals surface area contributed by atoms with Gasteiger partial charge in [0.15, 0.2) is 5.96 Å². The summed E-state index contributed by atoms with van der Waals surface area (Å²) in [6, 6.07) is 13.1. The number of nitrogens with one attached hydrogen (secondary N) is 1. The molecule has 1 N–H and O–H groups in total. The Bertz CT molecular complexity index is 655. The van der Waals surface area contributed by atoms with Crippen molar-refractivity contribution in [3.8, 4) is 0 Å². The number of guanidine groups is 1. The molecule has 4 nitrogen and oxygen atoms in total. The molecule has 1 unspecified atom stereocenters. The lowest BCUT2D eigenvalue weighted by atomic mass is 10.1.